The van der Waals surface area contributed by atoms with Gasteiger partial charge in [-0.15, -0.1) is 0 Å². The van der Waals surface area contributed by atoms with Gasteiger partial charge >= 0.3 is 0 Å². The first kappa shape index (κ1) is 9.32. The first-order chi connectivity index (χ1) is 5.25. The van der Waals surface area contributed by atoms with E-state index in [9.17, 15) is 10.2 Å². The molecule has 1 aliphatic carbocycles. The summed E-state index contributed by atoms with van der Waals surface area (Å²) >= 11 is 1.24. The van der Waals surface area contributed by atoms with E-state index in [1.54, 1.807) is 0 Å². The second kappa shape index (κ2) is 4.30. The molecule has 0 aromatic heterocycles. The third-order valence-corrected chi connectivity index (χ3v) is 2.42. The van der Waals surface area contributed by atoms with E-state index >= 15 is 0 Å². The van der Waals surface area contributed by atoms with Gasteiger partial charge in [-0.05, 0) is 31.3 Å². The number of aliphatic hydroxyl groups excluding tert-OH is 2. The van der Waals surface area contributed by atoms with Crippen molar-refractivity contribution < 1.29 is 14.4 Å². The van der Waals surface area contributed by atoms with Gasteiger partial charge in [-0.2, -0.15) is 0 Å². The molecular weight excluding hydrogens is 164 g/mol. The predicted molar refractivity (Wildman–Crippen MR) is 44.3 cm³/mol. The molecule has 1 saturated carbocycles. The summed E-state index contributed by atoms with van der Waals surface area (Å²) in [6, 6.07) is 0. The van der Waals surface area contributed by atoms with Gasteiger partial charge in [0.1, 0.15) is 12.2 Å². The fourth-order valence-corrected chi connectivity index (χ4v) is 1.80. The molecule has 0 aromatic carbocycles. The van der Waals surface area contributed by atoms with Crippen LogP contribution in [-0.4, -0.2) is 34.8 Å². The fourth-order valence-electron chi connectivity index (χ4n) is 1.35. The maximum atomic E-state index is 9.38. The van der Waals surface area contributed by atoms with Crippen LogP contribution in [0.5, 0.6) is 0 Å². The molecule has 0 saturated heterocycles. The van der Waals surface area contributed by atoms with Crippen LogP contribution in [0.4, 0.5) is 0 Å². The van der Waals surface area contributed by atoms with E-state index in [1.165, 1.54) is 12.0 Å². The van der Waals surface area contributed by atoms with Gasteiger partial charge in [-0.3, -0.25) is 0 Å². The average Bonchev–Trinajstić information content (AvgIpc) is 1.99. The van der Waals surface area contributed by atoms with Crippen LogP contribution < -0.4 is 0 Å². The number of hydrogen-bond donors (Lipinski definition) is 2. The zero-order valence-electron chi connectivity index (χ0n) is 6.56. The molecule has 0 bridgehead atoms. The van der Waals surface area contributed by atoms with Gasteiger partial charge < -0.3 is 14.4 Å². The van der Waals surface area contributed by atoms with Crippen molar-refractivity contribution in [2.45, 2.75) is 37.6 Å². The minimum Gasteiger partial charge on any atom is -0.390 e. The van der Waals surface area contributed by atoms with E-state index < -0.39 is 12.2 Å². The van der Waals surface area contributed by atoms with Gasteiger partial charge in [0, 0.05) is 6.26 Å². The zero-order valence-corrected chi connectivity index (χ0v) is 7.38. The second-order valence-corrected chi connectivity index (χ2v) is 3.32. The van der Waals surface area contributed by atoms with E-state index in [4.69, 9.17) is 4.18 Å². The molecule has 0 spiro atoms. The van der Waals surface area contributed by atoms with Crippen LogP contribution in [0.3, 0.4) is 0 Å². The Bertz CT molecular complexity index is 118. The van der Waals surface area contributed by atoms with E-state index in [0.29, 0.717) is 6.42 Å². The fraction of sp³-hybridized carbons (Fsp3) is 1.00. The molecule has 4 heteroatoms. The zero-order chi connectivity index (χ0) is 8.27. The lowest BCUT2D eigenvalue weighted by Gasteiger charge is -2.30. The molecule has 0 aliphatic heterocycles. The van der Waals surface area contributed by atoms with Crippen molar-refractivity contribution in [2.75, 3.05) is 6.26 Å². The molecule has 1 aliphatic rings. The lowest BCUT2D eigenvalue weighted by Crippen LogP contribution is -2.41. The standard InChI is InChI=1S/C7H14O3S/c1-11-10-6-4-2-3-5(8)7(6)9/h5-9H,2-4H2,1H3/t5-,6-,7-/m1/s1. The van der Waals surface area contributed by atoms with Crippen molar-refractivity contribution in [1.82, 2.24) is 0 Å². The van der Waals surface area contributed by atoms with Gasteiger partial charge in [-0.25, -0.2) is 0 Å². The lowest BCUT2D eigenvalue weighted by molar-refractivity contribution is -0.0688. The largest absolute Gasteiger partial charge is 0.390 e. The Kier molecular flexibility index (Phi) is 3.65. The van der Waals surface area contributed by atoms with E-state index in [0.717, 1.165) is 12.8 Å². The number of hydrogen-bond acceptors (Lipinski definition) is 4. The molecule has 3 atom stereocenters. The molecule has 2 N–H and O–H groups in total. The highest BCUT2D eigenvalue weighted by atomic mass is 32.2. The highest BCUT2D eigenvalue weighted by Crippen LogP contribution is 2.23. The summed E-state index contributed by atoms with van der Waals surface area (Å²) in [6.45, 7) is 0. The highest BCUT2D eigenvalue weighted by molar-refractivity contribution is 7.93. The SMILES string of the molecule is CSO[C@@H]1CCC[C@@H](O)[C@H]1O. The molecule has 0 heterocycles. The van der Waals surface area contributed by atoms with Crippen molar-refractivity contribution in [1.29, 1.82) is 0 Å². The maximum Gasteiger partial charge on any atom is 0.107 e. The van der Waals surface area contributed by atoms with Crippen molar-refractivity contribution >= 4 is 12.0 Å². The normalized spacial score (nSPS) is 39.0. The van der Waals surface area contributed by atoms with Gasteiger partial charge in [0.25, 0.3) is 0 Å². The Morgan fingerprint density at radius 1 is 1.36 bits per heavy atom. The lowest BCUT2D eigenvalue weighted by atomic mass is 9.92. The predicted octanol–water partition coefficient (Wildman–Crippen LogP) is 0.555. The Morgan fingerprint density at radius 3 is 2.73 bits per heavy atom. The molecule has 3 nitrogen and oxygen atoms in total. The summed E-state index contributed by atoms with van der Waals surface area (Å²) in [7, 11) is 0. The molecule has 0 unspecified atom stereocenters. The van der Waals surface area contributed by atoms with Gasteiger partial charge in [0.2, 0.25) is 0 Å². The Labute approximate surface area is 71.0 Å². The van der Waals surface area contributed by atoms with Crippen molar-refractivity contribution in [2.24, 2.45) is 0 Å². The molecular formula is C7H14O3S. The summed E-state index contributed by atoms with van der Waals surface area (Å²) in [5.74, 6) is 0. The van der Waals surface area contributed by atoms with E-state index in [-0.39, 0.29) is 6.10 Å². The van der Waals surface area contributed by atoms with Crippen molar-refractivity contribution in [3.8, 4) is 0 Å². The quantitative estimate of drug-likeness (QED) is 0.606. The molecule has 1 fully saturated rings. The minimum absolute atomic E-state index is 0.186. The van der Waals surface area contributed by atoms with Gasteiger partial charge in [-0.1, -0.05) is 0 Å². The number of rotatable bonds is 2. The summed E-state index contributed by atoms with van der Waals surface area (Å²) in [5, 5.41) is 18.6. The summed E-state index contributed by atoms with van der Waals surface area (Å²) in [5.41, 5.74) is 0. The van der Waals surface area contributed by atoms with Crippen LogP contribution in [-0.2, 0) is 4.18 Å². The minimum atomic E-state index is -0.698. The van der Waals surface area contributed by atoms with Crippen LogP contribution in [0.25, 0.3) is 0 Å². The molecule has 66 valence electrons. The van der Waals surface area contributed by atoms with E-state index in [1.807, 2.05) is 6.26 Å². The Morgan fingerprint density at radius 2 is 2.09 bits per heavy atom. The van der Waals surface area contributed by atoms with Crippen LogP contribution in [0.1, 0.15) is 19.3 Å². The van der Waals surface area contributed by atoms with Crippen LogP contribution in [0.2, 0.25) is 0 Å². The molecule has 11 heavy (non-hydrogen) atoms. The summed E-state index contributed by atoms with van der Waals surface area (Å²) in [6.07, 6.45) is 2.80. The average molecular weight is 178 g/mol. The topological polar surface area (TPSA) is 49.7 Å². The molecule has 0 amide bonds. The highest BCUT2D eigenvalue weighted by Gasteiger charge is 2.31. The van der Waals surface area contributed by atoms with Crippen LogP contribution in [0.15, 0.2) is 0 Å². The number of aliphatic hydroxyl groups is 2. The van der Waals surface area contributed by atoms with Crippen molar-refractivity contribution in [3.63, 3.8) is 0 Å². The van der Waals surface area contributed by atoms with Gasteiger partial charge in [0.05, 0.1) is 6.10 Å². The monoisotopic (exact) mass is 178 g/mol. The third kappa shape index (κ3) is 2.33. The molecule has 1 rings (SSSR count). The Balaban J connectivity index is 2.38. The smallest absolute Gasteiger partial charge is 0.107 e. The van der Waals surface area contributed by atoms with Crippen LogP contribution >= 0.6 is 12.0 Å². The first-order valence-corrected chi connectivity index (χ1v) is 4.96. The molecule has 0 radical (unpaired) electrons. The first-order valence-electron chi connectivity index (χ1n) is 3.81. The summed E-state index contributed by atoms with van der Waals surface area (Å²) in [4.78, 5) is 0. The summed E-state index contributed by atoms with van der Waals surface area (Å²) < 4.78 is 5.17. The third-order valence-electron chi connectivity index (χ3n) is 1.98. The van der Waals surface area contributed by atoms with Crippen LogP contribution in [0, 0.1) is 0 Å². The maximum absolute atomic E-state index is 9.38. The Hall–Kier alpha value is 0.230. The van der Waals surface area contributed by atoms with Gasteiger partial charge in [0.15, 0.2) is 0 Å². The van der Waals surface area contributed by atoms with E-state index in [2.05, 4.69) is 0 Å². The molecule has 0 aromatic rings. The van der Waals surface area contributed by atoms with Crippen molar-refractivity contribution in [3.05, 3.63) is 0 Å². The second-order valence-electron chi connectivity index (χ2n) is 2.79.